The zero-order valence-corrected chi connectivity index (χ0v) is 11.9. The number of nitrogens with two attached hydrogens (primary N) is 1. The summed E-state index contributed by atoms with van der Waals surface area (Å²) >= 11 is 1.99. The van der Waals surface area contributed by atoms with Gasteiger partial charge in [-0.2, -0.15) is 11.8 Å². The second-order valence-corrected chi connectivity index (χ2v) is 5.96. The fourth-order valence-corrected chi connectivity index (χ4v) is 3.35. The van der Waals surface area contributed by atoms with Crippen molar-refractivity contribution in [2.45, 2.75) is 37.0 Å². The van der Waals surface area contributed by atoms with Crippen molar-refractivity contribution in [2.75, 3.05) is 24.4 Å². The maximum atomic E-state index is 5.82. The van der Waals surface area contributed by atoms with Crippen molar-refractivity contribution >= 4 is 23.1 Å². The Bertz CT molecular complexity index is 397. The zero-order valence-electron chi connectivity index (χ0n) is 11.1. The summed E-state index contributed by atoms with van der Waals surface area (Å²) in [5, 5.41) is 4.40. The summed E-state index contributed by atoms with van der Waals surface area (Å²) in [5.41, 5.74) is 7.61. The smallest absolute Gasteiger partial charge is 0.143 e. The number of hydrogen-bond acceptors (Lipinski definition) is 4. The Morgan fingerprint density at radius 3 is 2.94 bits per heavy atom. The van der Waals surface area contributed by atoms with Gasteiger partial charge in [-0.15, -0.1) is 0 Å². The lowest BCUT2D eigenvalue weighted by molar-refractivity contribution is 0.417. The first-order chi connectivity index (χ1) is 8.72. The molecule has 0 radical (unpaired) electrons. The minimum atomic E-state index is 0.574. The first-order valence-corrected chi connectivity index (χ1v) is 7.74. The minimum absolute atomic E-state index is 0.574. The molecule has 2 atom stereocenters. The van der Waals surface area contributed by atoms with Gasteiger partial charge in [0.25, 0.3) is 0 Å². The van der Waals surface area contributed by atoms with Gasteiger partial charge in [-0.05, 0) is 37.7 Å². The Kier molecular flexibility index (Phi) is 4.64. The van der Waals surface area contributed by atoms with Gasteiger partial charge in [-0.1, -0.05) is 6.42 Å². The Morgan fingerprint density at radius 1 is 1.39 bits per heavy atom. The molecule has 18 heavy (non-hydrogen) atoms. The fourth-order valence-electron chi connectivity index (χ4n) is 2.53. The van der Waals surface area contributed by atoms with Crippen molar-refractivity contribution in [1.82, 2.24) is 0 Å². The van der Waals surface area contributed by atoms with E-state index in [1.165, 1.54) is 25.7 Å². The van der Waals surface area contributed by atoms with E-state index in [4.69, 9.17) is 10.5 Å². The Morgan fingerprint density at radius 2 is 2.22 bits per heavy atom. The number of nitrogen functional groups attached to an aromatic ring is 1. The van der Waals surface area contributed by atoms with Crippen molar-refractivity contribution < 1.29 is 4.74 Å². The van der Waals surface area contributed by atoms with Crippen LogP contribution in [0.1, 0.15) is 25.7 Å². The molecule has 2 unspecified atom stereocenters. The number of benzene rings is 1. The van der Waals surface area contributed by atoms with E-state index in [0.29, 0.717) is 11.7 Å². The molecule has 0 aliphatic heterocycles. The highest BCUT2D eigenvalue weighted by Crippen LogP contribution is 2.30. The summed E-state index contributed by atoms with van der Waals surface area (Å²) in [6, 6.07) is 6.48. The molecule has 0 bridgehead atoms. The lowest BCUT2D eigenvalue weighted by Crippen LogP contribution is -2.28. The second kappa shape index (κ2) is 6.23. The van der Waals surface area contributed by atoms with Crippen molar-refractivity contribution in [1.29, 1.82) is 0 Å². The van der Waals surface area contributed by atoms with E-state index in [1.54, 1.807) is 7.11 Å². The van der Waals surface area contributed by atoms with Crippen molar-refractivity contribution in [3.05, 3.63) is 18.2 Å². The quantitative estimate of drug-likeness (QED) is 0.820. The van der Waals surface area contributed by atoms with Crippen LogP contribution in [-0.4, -0.2) is 24.7 Å². The highest BCUT2D eigenvalue weighted by molar-refractivity contribution is 7.99. The van der Waals surface area contributed by atoms with Crippen molar-refractivity contribution in [3.63, 3.8) is 0 Å². The third-order valence-electron chi connectivity index (χ3n) is 3.56. The van der Waals surface area contributed by atoms with Crippen LogP contribution in [0.15, 0.2) is 18.2 Å². The number of methoxy groups -OCH3 is 1. The first-order valence-electron chi connectivity index (χ1n) is 6.45. The third kappa shape index (κ3) is 3.25. The van der Waals surface area contributed by atoms with Crippen LogP contribution in [0, 0.1) is 0 Å². The molecule has 0 spiro atoms. The van der Waals surface area contributed by atoms with Gasteiger partial charge in [0.1, 0.15) is 5.75 Å². The highest BCUT2D eigenvalue weighted by atomic mass is 32.2. The molecule has 1 fully saturated rings. The molecule has 1 aromatic carbocycles. The van der Waals surface area contributed by atoms with E-state index in [9.17, 15) is 0 Å². The largest absolute Gasteiger partial charge is 0.495 e. The average molecular weight is 266 g/mol. The van der Waals surface area contributed by atoms with Gasteiger partial charge in [-0.3, -0.25) is 0 Å². The predicted molar refractivity (Wildman–Crippen MR) is 80.6 cm³/mol. The molecule has 3 nitrogen and oxygen atoms in total. The molecule has 1 aliphatic rings. The summed E-state index contributed by atoms with van der Waals surface area (Å²) in [6.45, 7) is 0. The van der Waals surface area contributed by atoms with E-state index in [2.05, 4.69) is 11.6 Å². The van der Waals surface area contributed by atoms with E-state index < -0.39 is 0 Å². The lowest BCUT2D eigenvalue weighted by Gasteiger charge is -2.29. The van der Waals surface area contributed by atoms with Crippen LogP contribution in [0.4, 0.5) is 11.4 Å². The molecule has 1 aliphatic carbocycles. The maximum Gasteiger partial charge on any atom is 0.143 e. The SMILES string of the molecule is COc1cc(NC2CCCC(SC)C2)ccc1N. The topological polar surface area (TPSA) is 47.3 Å². The standard InChI is InChI=1S/C14H22N2OS/c1-17-14-9-11(6-7-13(14)15)16-10-4-3-5-12(8-10)18-2/h6-7,9-10,12,16H,3-5,8,15H2,1-2H3. The molecule has 2 rings (SSSR count). The summed E-state index contributed by atoms with van der Waals surface area (Å²) in [4.78, 5) is 0. The maximum absolute atomic E-state index is 5.82. The summed E-state index contributed by atoms with van der Waals surface area (Å²) in [5.74, 6) is 0.747. The van der Waals surface area contributed by atoms with Crippen LogP contribution in [0.25, 0.3) is 0 Å². The minimum Gasteiger partial charge on any atom is -0.495 e. The number of nitrogens with one attached hydrogen (secondary N) is 1. The number of hydrogen-bond donors (Lipinski definition) is 2. The number of ether oxygens (including phenoxy) is 1. The molecule has 4 heteroatoms. The van der Waals surface area contributed by atoms with Gasteiger partial charge in [0, 0.05) is 23.0 Å². The predicted octanol–water partition coefficient (Wildman–Crippen LogP) is 3.36. The van der Waals surface area contributed by atoms with E-state index in [-0.39, 0.29) is 0 Å². The van der Waals surface area contributed by atoms with Gasteiger partial charge in [0.2, 0.25) is 0 Å². The number of anilines is 2. The number of thioether (sulfide) groups is 1. The van der Waals surface area contributed by atoms with E-state index in [1.807, 2.05) is 30.0 Å². The third-order valence-corrected chi connectivity index (χ3v) is 4.66. The molecule has 3 N–H and O–H groups in total. The molecule has 0 amide bonds. The molecular weight excluding hydrogens is 244 g/mol. The van der Waals surface area contributed by atoms with Crippen LogP contribution in [0.3, 0.4) is 0 Å². The van der Waals surface area contributed by atoms with Gasteiger partial charge in [0.05, 0.1) is 12.8 Å². The van der Waals surface area contributed by atoms with Crippen LogP contribution in [0.2, 0.25) is 0 Å². The fraction of sp³-hybridized carbons (Fsp3) is 0.571. The Hall–Kier alpha value is -1.03. The highest BCUT2D eigenvalue weighted by Gasteiger charge is 2.21. The molecule has 1 aromatic rings. The van der Waals surface area contributed by atoms with Gasteiger partial charge in [0.15, 0.2) is 0 Å². The first kappa shape index (κ1) is 13.4. The van der Waals surface area contributed by atoms with Gasteiger partial charge >= 0.3 is 0 Å². The van der Waals surface area contributed by atoms with Crippen molar-refractivity contribution in [3.8, 4) is 5.75 Å². The number of rotatable bonds is 4. The van der Waals surface area contributed by atoms with Crippen LogP contribution in [0.5, 0.6) is 5.75 Å². The molecule has 0 aromatic heterocycles. The molecule has 0 heterocycles. The van der Waals surface area contributed by atoms with Gasteiger partial charge in [-0.25, -0.2) is 0 Å². The molecule has 100 valence electrons. The Labute approximate surface area is 113 Å². The van der Waals surface area contributed by atoms with Crippen LogP contribution in [-0.2, 0) is 0 Å². The van der Waals surface area contributed by atoms with Gasteiger partial charge < -0.3 is 15.8 Å². The second-order valence-electron chi connectivity index (χ2n) is 4.82. The monoisotopic (exact) mass is 266 g/mol. The molecule has 0 saturated heterocycles. The normalized spacial score (nSPS) is 23.7. The summed E-state index contributed by atoms with van der Waals surface area (Å²) in [6.07, 6.45) is 7.37. The molecular formula is C14H22N2OS. The van der Waals surface area contributed by atoms with E-state index >= 15 is 0 Å². The van der Waals surface area contributed by atoms with Crippen LogP contribution < -0.4 is 15.8 Å². The lowest BCUT2D eigenvalue weighted by atomic mass is 9.94. The zero-order chi connectivity index (χ0) is 13.0. The Balaban J connectivity index is 2.00. The average Bonchev–Trinajstić information content (AvgIpc) is 2.41. The molecule has 1 saturated carbocycles. The van der Waals surface area contributed by atoms with Crippen molar-refractivity contribution in [2.24, 2.45) is 0 Å². The van der Waals surface area contributed by atoms with Crippen LogP contribution >= 0.6 is 11.8 Å². The summed E-state index contributed by atoms with van der Waals surface area (Å²) in [7, 11) is 1.65. The van der Waals surface area contributed by atoms with E-state index in [0.717, 1.165) is 16.7 Å². The summed E-state index contributed by atoms with van der Waals surface area (Å²) < 4.78 is 5.25.